The Kier molecular flexibility index (Phi) is 3.49. The van der Waals surface area contributed by atoms with Crippen LogP contribution in [0.3, 0.4) is 0 Å². The van der Waals surface area contributed by atoms with Crippen LogP contribution in [-0.2, 0) is 0 Å². The summed E-state index contributed by atoms with van der Waals surface area (Å²) in [5, 5.41) is 7.52. The summed E-state index contributed by atoms with van der Waals surface area (Å²) < 4.78 is 0. The van der Waals surface area contributed by atoms with Crippen LogP contribution in [0.15, 0.2) is 30.5 Å². The number of nitrogens with one attached hydrogen (secondary N) is 3. The van der Waals surface area contributed by atoms with Crippen molar-refractivity contribution >= 4 is 16.8 Å². The summed E-state index contributed by atoms with van der Waals surface area (Å²) >= 11 is 0. The molecule has 1 saturated heterocycles. The Bertz CT molecular complexity index is 611. The second kappa shape index (κ2) is 5.29. The van der Waals surface area contributed by atoms with Crippen LogP contribution in [0.2, 0.25) is 0 Å². The van der Waals surface area contributed by atoms with E-state index in [-0.39, 0.29) is 11.3 Å². The van der Waals surface area contributed by atoms with Crippen LogP contribution in [0.1, 0.15) is 30.1 Å². The molecule has 0 saturated carbocycles. The average molecular weight is 271 g/mol. The second-order valence-corrected chi connectivity index (χ2v) is 6.02. The van der Waals surface area contributed by atoms with Crippen LogP contribution in [0.25, 0.3) is 10.9 Å². The number of hydrogen-bond donors (Lipinski definition) is 3. The maximum atomic E-state index is 12.3. The Labute approximate surface area is 118 Å². The molecule has 3 N–H and O–H groups in total. The van der Waals surface area contributed by atoms with Crippen molar-refractivity contribution in [3.63, 3.8) is 0 Å². The number of amides is 1. The fourth-order valence-corrected chi connectivity index (χ4v) is 2.80. The van der Waals surface area contributed by atoms with Gasteiger partial charge in [0.1, 0.15) is 0 Å². The first-order chi connectivity index (χ1) is 9.66. The van der Waals surface area contributed by atoms with E-state index in [2.05, 4.69) is 22.5 Å². The van der Waals surface area contributed by atoms with Crippen molar-refractivity contribution in [1.29, 1.82) is 0 Å². The van der Waals surface area contributed by atoms with Gasteiger partial charge < -0.3 is 15.6 Å². The molecule has 106 valence electrons. The minimum Gasteiger partial charge on any atom is -0.361 e. The molecule has 1 aromatic carbocycles. The fourth-order valence-electron chi connectivity index (χ4n) is 2.80. The van der Waals surface area contributed by atoms with E-state index in [4.69, 9.17) is 0 Å². The summed E-state index contributed by atoms with van der Waals surface area (Å²) in [5.74, 6) is 0.0212. The SMILES string of the molecule is CC1(CNC(=O)c2ccc3[nH]ccc3c2)CCNCC1. The molecule has 4 nitrogen and oxygen atoms in total. The molecule has 1 aliphatic rings. The van der Waals surface area contributed by atoms with Gasteiger partial charge in [0, 0.05) is 29.2 Å². The highest BCUT2D eigenvalue weighted by molar-refractivity contribution is 5.98. The van der Waals surface area contributed by atoms with Crippen molar-refractivity contribution in [1.82, 2.24) is 15.6 Å². The van der Waals surface area contributed by atoms with Gasteiger partial charge in [-0.15, -0.1) is 0 Å². The van der Waals surface area contributed by atoms with Gasteiger partial charge in [-0.3, -0.25) is 4.79 Å². The van der Waals surface area contributed by atoms with E-state index in [1.54, 1.807) is 0 Å². The molecule has 1 aliphatic heterocycles. The molecule has 0 radical (unpaired) electrons. The summed E-state index contributed by atoms with van der Waals surface area (Å²) in [6, 6.07) is 7.75. The number of carbonyl (C=O) groups is 1. The predicted octanol–water partition coefficient (Wildman–Crippen LogP) is 2.29. The number of benzene rings is 1. The van der Waals surface area contributed by atoms with Gasteiger partial charge in [0.2, 0.25) is 0 Å². The summed E-state index contributed by atoms with van der Waals surface area (Å²) in [5.41, 5.74) is 2.01. The molecule has 0 unspecified atom stereocenters. The Morgan fingerprint density at radius 1 is 1.30 bits per heavy atom. The number of fused-ring (bicyclic) bond motifs is 1. The van der Waals surface area contributed by atoms with E-state index in [1.807, 2.05) is 30.5 Å². The summed E-state index contributed by atoms with van der Waals surface area (Å²) in [6.45, 7) is 5.09. The van der Waals surface area contributed by atoms with Gasteiger partial charge in [-0.2, -0.15) is 0 Å². The zero-order valence-electron chi connectivity index (χ0n) is 11.8. The predicted molar refractivity (Wildman–Crippen MR) is 80.8 cm³/mol. The number of H-pyrrole nitrogens is 1. The molecule has 0 aliphatic carbocycles. The average Bonchev–Trinajstić information content (AvgIpc) is 2.93. The van der Waals surface area contributed by atoms with Crippen molar-refractivity contribution in [2.45, 2.75) is 19.8 Å². The lowest BCUT2D eigenvalue weighted by Crippen LogP contribution is -2.42. The largest absolute Gasteiger partial charge is 0.361 e. The van der Waals surface area contributed by atoms with Crippen LogP contribution in [-0.4, -0.2) is 30.5 Å². The van der Waals surface area contributed by atoms with E-state index < -0.39 is 0 Å². The highest BCUT2D eigenvalue weighted by atomic mass is 16.1. The summed E-state index contributed by atoms with van der Waals surface area (Å²) in [7, 11) is 0. The number of carbonyl (C=O) groups excluding carboxylic acids is 1. The number of hydrogen-bond acceptors (Lipinski definition) is 2. The first kappa shape index (κ1) is 13.2. The van der Waals surface area contributed by atoms with Crippen LogP contribution < -0.4 is 10.6 Å². The van der Waals surface area contributed by atoms with Gasteiger partial charge in [-0.05, 0) is 55.6 Å². The molecule has 1 amide bonds. The van der Waals surface area contributed by atoms with E-state index >= 15 is 0 Å². The van der Waals surface area contributed by atoms with E-state index in [9.17, 15) is 4.79 Å². The molecule has 0 spiro atoms. The van der Waals surface area contributed by atoms with E-state index in [0.717, 1.165) is 48.9 Å². The van der Waals surface area contributed by atoms with E-state index in [1.165, 1.54) is 0 Å². The lowest BCUT2D eigenvalue weighted by molar-refractivity contribution is 0.0922. The minimum absolute atomic E-state index is 0.0212. The number of aromatic amines is 1. The normalized spacial score (nSPS) is 18.1. The third kappa shape index (κ3) is 2.70. The molecule has 0 atom stereocenters. The van der Waals surface area contributed by atoms with Crippen molar-refractivity contribution < 1.29 is 4.79 Å². The van der Waals surface area contributed by atoms with Crippen LogP contribution >= 0.6 is 0 Å². The van der Waals surface area contributed by atoms with Crippen LogP contribution in [0.4, 0.5) is 0 Å². The highest BCUT2D eigenvalue weighted by Crippen LogP contribution is 2.26. The topological polar surface area (TPSA) is 56.9 Å². The minimum atomic E-state index is 0.0212. The van der Waals surface area contributed by atoms with Crippen molar-refractivity contribution in [2.24, 2.45) is 5.41 Å². The van der Waals surface area contributed by atoms with Crippen molar-refractivity contribution in [3.8, 4) is 0 Å². The Morgan fingerprint density at radius 2 is 2.10 bits per heavy atom. The molecule has 0 bridgehead atoms. The highest BCUT2D eigenvalue weighted by Gasteiger charge is 2.27. The molecule has 1 fully saturated rings. The van der Waals surface area contributed by atoms with Crippen molar-refractivity contribution in [2.75, 3.05) is 19.6 Å². The lowest BCUT2D eigenvalue weighted by Gasteiger charge is -2.34. The fraction of sp³-hybridized carbons (Fsp3) is 0.438. The van der Waals surface area contributed by atoms with Gasteiger partial charge in [0.25, 0.3) is 5.91 Å². The quantitative estimate of drug-likeness (QED) is 0.802. The maximum absolute atomic E-state index is 12.3. The molecule has 2 heterocycles. The number of rotatable bonds is 3. The van der Waals surface area contributed by atoms with E-state index in [0.29, 0.717) is 0 Å². The molecular weight excluding hydrogens is 250 g/mol. The smallest absolute Gasteiger partial charge is 0.251 e. The van der Waals surface area contributed by atoms with Crippen LogP contribution in [0.5, 0.6) is 0 Å². The second-order valence-electron chi connectivity index (χ2n) is 6.02. The Hall–Kier alpha value is -1.81. The zero-order chi connectivity index (χ0) is 14.0. The third-order valence-electron chi connectivity index (χ3n) is 4.30. The standard InChI is InChI=1S/C16H21N3O/c1-16(5-8-17-9-6-16)11-19-15(20)13-2-3-14-12(10-13)4-7-18-14/h2-4,7,10,17-18H,5-6,8-9,11H2,1H3,(H,19,20). The first-order valence-electron chi connectivity index (χ1n) is 7.22. The summed E-state index contributed by atoms with van der Waals surface area (Å²) in [6.07, 6.45) is 4.12. The number of aromatic nitrogens is 1. The monoisotopic (exact) mass is 271 g/mol. The van der Waals surface area contributed by atoms with Gasteiger partial charge in [0.05, 0.1) is 0 Å². The maximum Gasteiger partial charge on any atom is 0.251 e. The van der Waals surface area contributed by atoms with Gasteiger partial charge in [-0.25, -0.2) is 0 Å². The zero-order valence-corrected chi connectivity index (χ0v) is 11.8. The number of piperidine rings is 1. The van der Waals surface area contributed by atoms with Gasteiger partial charge >= 0.3 is 0 Å². The van der Waals surface area contributed by atoms with Crippen LogP contribution in [0, 0.1) is 5.41 Å². The molecule has 1 aromatic heterocycles. The lowest BCUT2D eigenvalue weighted by atomic mass is 9.81. The molecule has 2 aromatic rings. The Balaban J connectivity index is 1.66. The van der Waals surface area contributed by atoms with Gasteiger partial charge in [-0.1, -0.05) is 6.92 Å². The Morgan fingerprint density at radius 3 is 2.90 bits per heavy atom. The third-order valence-corrected chi connectivity index (χ3v) is 4.30. The molecule has 3 rings (SSSR count). The van der Waals surface area contributed by atoms with Gasteiger partial charge in [0.15, 0.2) is 0 Å². The molecule has 20 heavy (non-hydrogen) atoms. The van der Waals surface area contributed by atoms with Crippen molar-refractivity contribution in [3.05, 3.63) is 36.0 Å². The molecule has 4 heteroatoms. The molecular formula is C16H21N3O. The first-order valence-corrected chi connectivity index (χ1v) is 7.22. The summed E-state index contributed by atoms with van der Waals surface area (Å²) in [4.78, 5) is 15.4.